The van der Waals surface area contributed by atoms with Crippen LogP contribution in [0.4, 0.5) is 0 Å². The molecule has 0 fully saturated rings. The van der Waals surface area contributed by atoms with Crippen molar-refractivity contribution < 1.29 is 4.79 Å². The number of fused-ring (bicyclic) bond motifs is 1. The number of carbonyl (C=O) groups excluding carboxylic acids is 1. The summed E-state index contributed by atoms with van der Waals surface area (Å²) in [6, 6.07) is 20.1. The van der Waals surface area contributed by atoms with Crippen LogP contribution in [0.15, 0.2) is 66.9 Å². The minimum Gasteiger partial charge on any atom is -0.355 e. The molecule has 0 unspecified atom stereocenters. The molecule has 4 aromatic rings. The third-order valence-corrected chi connectivity index (χ3v) is 5.21. The Morgan fingerprint density at radius 1 is 1.00 bits per heavy atom. The summed E-state index contributed by atoms with van der Waals surface area (Å²) in [5.41, 5.74) is 6.02. The van der Waals surface area contributed by atoms with E-state index in [1.165, 1.54) is 0 Å². The van der Waals surface area contributed by atoms with Crippen molar-refractivity contribution >= 4 is 16.8 Å². The van der Waals surface area contributed by atoms with Crippen LogP contribution in [0.3, 0.4) is 0 Å². The van der Waals surface area contributed by atoms with Crippen LogP contribution in [-0.4, -0.2) is 27.2 Å². The predicted octanol–water partition coefficient (Wildman–Crippen LogP) is 3.94. The van der Waals surface area contributed by atoms with Gasteiger partial charge in [0.25, 0.3) is 0 Å². The molecule has 5 heteroatoms. The maximum Gasteiger partial charge on any atom is 0.224 e. The van der Waals surface area contributed by atoms with E-state index in [1.807, 2.05) is 61.0 Å². The molecule has 4 rings (SSSR count). The molecule has 5 nitrogen and oxygen atoms in total. The minimum atomic E-state index is 0.0111. The first kappa shape index (κ1) is 18.9. The van der Waals surface area contributed by atoms with Gasteiger partial charge in [0.2, 0.25) is 5.91 Å². The maximum atomic E-state index is 12.6. The van der Waals surface area contributed by atoms with Crippen molar-refractivity contribution in [1.29, 1.82) is 0 Å². The zero-order valence-corrected chi connectivity index (χ0v) is 16.7. The van der Waals surface area contributed by atoms with E-state index in [9.17, 15) is 4.79 Å². The van der Waals surface area contributed by atoms with E-state index in [4.69, 9.17) is 0 Å². The fraction of sp³-hybridized carbons (Fsp3) is 0.208. The lowest BCUT2D eigenvalue weighted by atomic mass is 10.1. The van der Waals surface area contributed by atoms with Crippen LogP contribution < -0.4 is 5.32 Å². The number of rotatable bonds is 6. The maximum absolute atomic E-state index is 12.6. The number of hydrogen-bond donors (Lipinski definition) is 1. The van der Waals surface area contributed by atoms with Crippen LogP contribution in [0, 0.1) is 13.8 Å². The van der Waals surface area contributed by atoms with Gasteiger partial charge in [-0.25, -0.2) is 4.68 Å². The molecule has 0 bridgehead atoms. The number of para-hydroxylation sites is 2. The largest absolute Gasteiger partial charge is 0.355 e. The Balaban J connectivity index is 1.41. The number of carbonyl (C=O) groups is 1. The highest BCUT2D eigenvalue weighted by atomic mass is 16.1. The predicted molar refractivity (Wildman–Crippen MR) is 115 cm³/mol. The topological polar surface area (TPSA) is 59.8 Å². The van der Waals surface area contributed by atoms with Gasteiger partial charge >= 0.3 is 0 Å². The summed E-state index contributed by atoms with van der Waals surface area (Å²) in [6.07, 6.45) is 2.89. The van der Waals surface area contributed by atoms with E-state index in [-0.39, 0.29) is 5.91 Å². The monoisotopic (exact) mass is 384 g/mol. The molecular formula is C24H24N4O. The number of amides is 1. The number of benzene rings is 2. The molecule has 0 saturated heterocycles. The summed E-state index contributed by atoms with van der Waals surface area (Å²) >= 11 is 0. The van der Waals surface area contributed by atoms with E-state index in [1.54, 1.807) is 6.20 Å². The molecule has 146 valence electrons. The van der Waals surface area contributed by atoms with Crippen LogP contribution in [-0.2, 0) is 17.6 Å². The van der Waals surface area contributed by atoms with Gasteiger partial charge < -0.3 is 5.32 Å². The Labute approximate surface area is 170 Å². The summed E-state index contributed by atoms with van der Waals surface area (Å²) in [5, 5.41) is 8.79. The number of aryl methyl sites for hydroxylation is 1. The molecule has 2 aromatic carbocycles. The van der Waals surface area contributed by atoms with Crippen molar-refractivity contribution in [2.75, 3.05) is 6.54 Å². The van der Waals surface area contributed by atoms with Gasteiger partial charge in [0.05, 0.1) is 23.3 Å². The van der Waals surface area contributed by atoms with Crippen molar-refractivity contribution in [1.82, 2.24) is 20.1 Å². The van der Waals surface area contributed by atoms with Crippen LogP contribution >= 0.6 is 0 Å². The highest BCUT2D eigenvalue weighted by Gasteiger charge is 2.15. The molecule has 1 amide bonds. The molecule has 0 spiro atoms. The van der Waals surface area contributed by atoms with Gasteiger partial charge in [-0.1, -0.05) is 42.5 Å². The van der Waals surface area contributed by atoms with Gasteiger partial charge in [-0.3, -0.25) is 9.78 Å². The van der Waals surface area contributed by atoms with Gasteiger partial charge in [0.1, 0.15) is 0 Å². The average molecular weight is 384 g/mol. The summed E-state index contributed by atoms with van der Waals surface area (Å²) in [7, 11) is 0. The number of nitrogens with zero attached hydrogens (tertiary/aromatic N) is 3. The molecule has 0 aliphatic rings. The number of nitrogens with one attached hydrogen (secondary N) is 1. The van der Waals surface area contributed by atoms with Gasteiger partial charge in [-0.15, -0.1) is 0 Å². The molecule has 0 aliphatic heterocycles. The third-order valence-electron chi connectivity index (χ3n) is 5.21. The Morgan fingerprint density at radius 2 is 1.79 bits per heavy atom. The third kappa shape index (κ3) is 4.04. The number of aromatic nitrogens is 3. The van der Waals surface area contributed by atoms with Crippen LogP contribution in [0.2, 0.25) is 0 Å². The van der Waals surface area contributed by atoms with Crippen molar-refractivity contribution in [3.63, 3.8) is 0 Å². The van der Waals surface area contributed by atoms with Crippen molar-refractivity contribution in [2.45, 2.75) is 26.7 Å². The summed E-state index contributed by atoms with van der Waals surface area (Å²) < 4.78 is 1.90. The first-order valence-electron chi connectivity index (χ1n) is 9.83. The fourth-order valence-corrected chi connectivity index (χ4v) is 3.68. The molecule has 2 aromatic heterocycles. The molecule has 0 atom stereocenters. The molecule has 29 heavy (non-hydrogen) atoms. The zero-order valence-electron chi connectivity index (χ0n) is 16.7. The fourth-order valence-electron chi connectivity index (χ4n) is 3.68. The average Bonchev–Trinajstić information content (AvgIpc) is 3.03. The Kier molecular flexibility index (Phi) is 5.38. The van der Waals surface area contributed by atoms with E-state index in [0.29, 0.717) is 13.0 Å². The van der Waals surface area contributed by atoms with Crippen molar-refractivity contribution in [3.05, 3.63) is 89.4 Å². The highest BCUT2D eigenvalue weighted by molar-refractivity contribution is 5.82. The summed E-state index contributed by atoms with van der Waals surface area (Å²) in [4.78, 5) is 17.0. The molecule has 0 aliphatic carbocycles. The van der Waals surface area contributed by atoms with Crippen LogP contribution in [0.25, 0.3) is 16.6 Å². The van der Waals surface area contributed by atoms with E-state index >= 15 is 0 Å². The van der Waals surface area contributed by atoms with Crippen LogP contribution in [0.5, 0.6) is 0 Å². The highest BCUT2D eigenvalue weighted by Crippen LogP contribution is 2.19. The number of pyridine rings is 1. The standard InChI is InChI=1S/C24H24N4O/c1-17-22(18(2)28(27-17)21-11-4-3-5-12-21)16-23(29)25-15-13-20-9-6-8-19-10-7-14-26-24(19)20/h3-12,14H,13,15-16H2,1-2H3,(H,25,29). The summed E-state index contributed by atoms with van der Waals surface area (Å²) in [5.74, 6) is 0.0111. The molecular weight excluding hydrogens is 360 g/mol. The Morgan fingerprint density at radius 3 is 2.62 bits per heavy atom. The number of hydrogen-bond acceptors (Lipinski definition) is 3. The molecule has 1 N–H and O–H groups in total. The minimum absolute atomic E-state index is 0.0111. The van der Waals surface area contributed by atoms with Gasteiger partial charge in [-0.05, 0) is 44.0 Å². The first-order valence-corrected chi connectivity index (χ1v) is 9.83. The normalized spacial score (nSPS) is 11.0. The van der Waals surface area contributed by atoms with Gasteiger partial charge in [0, 0.05) is 29.4 Å². The quantitative estimate of drug-likeness (QED) is 0.548. The molecule has 0 radical (unpaired) electrons. The second-order valence-corrected chi connectivity index (χ2v) is 7.17. The Bertz CT molecular complexity index is 1140. The SMILES string of the molecule is Cc1nn(-c2ccccc2)c(C)c1CC(=O)NCCc1cccc2cccnc12. The lowest BCUT2D eigenvalue weighted by Crippen LogP contribution is -2.27. The zero-order chi connectivity index (χ0) is 20.2. The van der Waals surface area contributed by atoms with E-state index < -0.39 is 0 Å². The first-order chi connectivity index (χ1) is 14.1. The second-order valence-electron chi connectivity index (χ2n) is 7.17. The molecule has 2 heterocycles. The van der Waals surface area contributed by atoms with Crippen LogP contribution in [0.1, 0.15) is 22.5 Å². The van der Waals surface area contributed by atoms with Crippen molar-refractivity contribution in [3.8, 4) is 5.69 Å². The Hall–Kier alpha value is -3.47. The van der Waals surface area contributed by atoms with Crippen molar-refractivity contribution in [2.24, 2.45) is 0 Å². The van der Waals surface area contributed by atoms with E-state index in [0.717, 1.165) is 45.5 Å². The lowest BCUT2D eigenvalue weighted by molar-refractivity contribution is -0.120. The second kappa shape index (κ2) is 8.27. The smallest absolute Gasteiger partial charge is 0.224 e. The molecule has 0 saturated carbocycles. The lowest BCUT2D eigenvalue weighted by Gasteiger charge is -2.08. The van der Waals surface area contributed by atoms with Gasteiger partial charge in [-0.2, -0.15) is 5.10 Å². The van der Waals surface area contributed by atoms with E-state index in [2.05, 4.69) is 33.6 Å². The summed E-state index contributed by atoms with van der Waals surface area (Å²) in [6.45, 7) is 4.55. The van der Waals surface area contributed by atoms with Gasteiger partial charge in [0.15, 0.2) is 0 Å².